The van der Waals surface area contributed by atoms with Crippen molar-refractivity contribution in [3.63, 3.8) is 0 Å². The Labute approximate surface area is 85.1 Å². The van der Waals surface area contributed by atoms with Crippen LogP contribution in [0.3, 0.4) is 0 Å². The smallest absolute Gasteiger partial charge is 0.312 e. The second-order valence-corrected chi connectivity index (χ2v) is 5.00. The van der Waals surface area contributed by atoms with Crippen molar-refractivity contribution in [2.45, 2.75) is 52.1 Å². The van der Waals surface area contributed by atoms with Crippen molar-refractivity contribution in [1.82, 2.24) is 0 Å². The fraction of sp³-hybridized carbons (Fsp3) is 0.909. The topological polar surface area (TPSA) is 57.5 Å². The molecule has 2 atom stereocenters. The van der Waals surface area contributed by atoms with Crippen LogP contribution < -0.4 is 0 Å². The Hall–Kier alpha value is -0.570. The van der Waals surface area contributed by atoms with Gasteiger partial charge in [0.2, 0.25) is 0 Å². The van der Waals surface area contributed by atoms with Crippen LogP contribution in [-0.4, -0.2) is 21.8 Å². The van der Waals surface area contributed by atoms with E-state index in [9.17, 15) is 9.90 Å². The molecule has 0 saturated heterocycles. The van der Waals surface area contributed by atoms with Crippen LogP contribution in [0.25, 0.3) is 0 Å². The molecule has 82 valence electrons. The van der Waals surface area contributed by atoms with Crippen molar-refractivity contribution in [1.29, 1.82) is 0 Å². The number of carboxylic acids is 1. The molecule has 0 aromatic carbocycles. The summed E-state index contributed by atoms with van der Waals surface area (Å²) < 4.78 is 0. The van der Waals surface area contributed by atoms with Crippen molar-refractivity contribution in [2.75, 3.05) is 0 Å². The minimum absolute atomic E-state index is 0.0716. The molecule has 2 N–H and O–H groups in total. The maximum atomic E-state index is 11.1. The lowest BCUT2D eigenvalue weighted by Crippen LogP contribution is -2.55. The average Bonchev–Trinajstić information content (AvgIpc) is 2.09. The summed E-state index contributed by atoms with van der Waals surface area (Å²) in [4.78, 5) is 11.1. The molecule has 0 amide bonds. The Morgan fingerprint density at radius 1 is 1.43 bits per heavy atom. The fourth-order valence-corrected chi connectivity index (χ4v) is 2.44. The van der Waals surface area contributed by atoms with E-state index < -0.39 is 17.0 Å². The highest BCUT2D eigenvalue weighted by atomic mass is 16.4. The number of hydrogen-bond donors (Lipinski definition) is 2. The van der Waals surface area contributed by atoms with Gasteiger partial charge in [-0.2, -0.15) is 0 Å². The third kappa shape index (κ3) is 1.54. The summed E-state index contributed by atoms with van der Waals surface area (Å²) in [5, 5.41) is 19.6. The van der Waals surface area contributed by atoms with Crippen molar-refractivity contribution in [3.8, 4) is 0 Å². The number of carbonyl (C=O) groups is 1. The van der Waals surface area contributed by atoms with Gasteiger partial charge >= 0.3 is 5.97 Å². The lowest BCUT2D eigenvalue weighted by molar-refractivity contribution is -0.178. The lowest BCUT2D eigenvalue weighted by atomic mass is 9.62. The Bertz CT molecular complexity index is 235. The maximum absolute atomic E-state index is 11.1. The Balaban J connectivity index is 2.96. The Kier molecular flexibility index (Phi) is 2.91. The van der Waals surface area contributed by atoms with E-state index >= 15 is 0 Å². The standard InChI is InChI=1S/C11H20O3/c1-8-6-4-5-7-11(8,14)10(2,3)9(12)13/h8,14H,4-7H2,1-3H3,(H,12,13). The molecule has 14 heavy (non-hydrogen) atoms. The highest BCUT2D eigenvalue weighted by Crippen LogP contribution is 2.45. The summed E-state index contributed by atoms with van der Waals surface area (Å²) in [6.07, 6.45) is 3.55. The first kappa shape index (κ1) is 11.5. The predicted molar refractivity (Wildman–Crippen MR) is 54.0 cm³/mol. The first-order chi connectivity index (χ1) is 6.32. The van der Waals surface area contributed by atoms with Crippen LogP contribution in [0.1, 0.15) is 46.5 Å². The second kappa shape index (κ2) is 3.54. The third-order valence-corrected chi connectivity index (χ3v) is 3.88. The number of carboxylic acid groups (broad SMARTS) is 1. The molecule has 0 aliphatic heterocycles. The zero-order chi connectivity index (χ0) is 11.0. The van der Waals surface area contributed by atoms with E-state index in [4.69, 9.17) is 5.11 Å². The van der Waals surface area contributed by atoms with Crippen molar-refractivity contribution >= 4 is 5.97 Å². The van der Waals surface area contributed by atoms with Gasteiger partial charge in [0.25, 0.3) is 0 Å². The molecule has 0 spiro atoms. The van der Waals surface area contributed by atoms with Gasteiger partial charge in [-0.1, -0.05) is 19.8 Å². The van der Waals surface area contributed by atoms with E-state index in [1.165, 1.54) is 0 Å². The molecule has 0 aromatic heterocycles. The highest BCUT2D eigenvalue weighted by Gasteiger charge is 2.52. The summed E-state index contributed by atoms with van der Waals surface area (Å²) in [6.45, 7) is 5.19. The zero-order valence-corrected chi connectivity index (χ0v) is 9.21. The normalized spacial score (nSPS) is 34.1. The van der Waals surface area contributed by atoms with Gasteiger partial charge in [-0.25, -0.2) is 0 Å². The average molecular weight is 200 g/mol. The summed E-state index contributed by atoms with van der Waals surface area (Å²) >= 11 is 0. The Morgan fingerprint density at radius 3 is 2.43 bits per heavy atom. The van der Waals surface area contributed by atoms with Crippen LogP contribution in [0.2, 0.25) is 0 Å². The van der Waals surface area contributed by atoms with Crippen LogP contribution in [-0.2, 0) is 4.79 Å². The molecule has 2 unspecified atom stereocenters. The number of aliphatic hydroxyl groups is 1. The van der Waals surface area contributed by atoms with E-state index in [1.807, 2.05) is 6.92 Å². The molecular weight excluding hydrogens is 180 g/mol. The number of rotatable bonds is 2. The first-order valence-electron chi connectivity index (χ1n) is 5.28. The van der Waals surface area contributed by atoms with Crippen LogP contribution in [0.5, 0.6) is 0 Å². The molecule has 0 aromatic rings. The molecular formula is C11H20O3. The molecule has 1 aliphatic rings. The maximum Gasteiger partial charge on any atom is 0.312 e. The van der Waals surface area contributed by atoms with Gasteiger partial charge in [0.05, 0.1) is 11.0 Å². The minimum atomic E-state index is -1.05. The SMILES string of the molecule is CC1CCCCC1(O)C(C)(C)C(=O)O. The predicted octanol–water partition coefficient (Wildman–Crippen LogP) is 2.04. The summed E-state index contributed by atoms with van der Waals surface area (Å²) in [5.74, 6) is -0.837. The summed E-state index contributed by atoms with van der Waals surface area (Å²) in [7, 11) is 0. The van der Waals surface area contributed by atoms with E-state index in [0.717, 1.165) is 19.3 Å². The van der Waals surface area contributed by atoms with Crippen LogP contribution in [0, 0.1) is 11.3 Å². The van der Waals surface area contributed by atoms with Crippen molar-refractivity contribution in [2.24, 2.45) is 11.3 Å². The van der Waals surface area contributed by atoms with Gasteiger partial charge in [0.1, 0.15) is 0 Å². The van der Waals surface area contributed by atoms with Gasteiger partial charge in [0, 0.05) is 0 Å². The highest BCUT2D eigenvalue weighted by molar-refractivity contribution is 5.75. The van der Waals surface area contributed by atoms with E-state index in [0.29, 0.717) is 6.42 Å². The molecule has 1 rings (SSSR count). The largest absolute Gasteiger partial charge is 0.481 e. The van der Waals surface area contributed by atoms with Gasteiger partial charge in [-0.05, 0) is 32.6 Å². The van der Waals surface area contributed by atoms with Crippen LogP contribution in [0.4, 0.5) is 0 Å². The third-order valence-electron chi connectivity index (χ3n) is 3.88. The number of aliphatic carboxylic acids is 1. The molecule has 1 fully saturated rings. The lowest BCUT2D eigenvalue weighted by Gasteiger charge is -2.46. The first-order valence-corrected chi connectivity index (χ1v) is 5.28. The summed E-state index contributed by atoms with van der Waals surface area (Å²) in [6, 6.07) is 0. The van der Waals surface area contributed by atoms with Gasteiger partial charge < -0.3 is 10.2 Å². The molecule has 1 saturated carbocycles. The Morgan fingerprint density at radius 2 is 2.00 bits per heavy atom. The monoisotopic (exact) mass is 200 g/mol. The molecule has 0 bridgehead atoms. The second-order valence-electron chi connectivity index (χ2n) is 5.00. The summed E-state index contributed by atoms with van der Waals surface area (Å²) in [5.41, 5.74) is -2.09. The van der Waals surface area contributed by atoms with Gasteiger partial charge in [-0.3, -0.25) is 4.79 Å². The van der Waals surface area contributed by atoms with E-state index in [-0.39, 0.29) is 5.92 Å². The molecule has 1 aliphatic carbocycles. The fourth-order valence-electron chi connectivity index (χ4n) is 2.44. The van der Waals surface area contributed by atoms with Crippen LogP contribution in [0.15, 0.2) is 0 Å². The van der Waals surface area contributed by atoms with Crippen LogP contribution >= 0.6 is 0 Å². The molecule has 3 heteroatoms. The van der Waals surface area contributed by atoms with E-state index in [2.05, 4.69) is 0 Å². The zero-order valence-electron chi connectivity index (χ0n) is 9.21. The van der Waals surface area contributed by atoms with Crippen molar-refractivity contribution in [3.05, 3.63) is 0 Å². The quantitative estimate of drug-likeness (QED) is 0.717. The molecule has 0 radical (unpaired) electrons. The van der Waals surface area contributed by atoms with Gasteiger partial charge in [-0.15, -0.1) is 0 Å². The minimum Gasteiger partial charge on any atom is -0.481 e. The van der Waals surface area contributed by atoms with Gasteiger partial charge in [0.15, 0.2) is 0 Å². The molecule has 0 heterocycles. The number of hydrogen-bond acceptors (Lipinski definition) is 2. The van der Waals surface area contributed by atoms with Crippen molar-refractivity contribution < 1.29 is 15.0 Å². The van der Waals surface area contributed by atoms with E-state index in [1.54, 1.807) is 13.8 Å². The molecule has 3 nitrogen and oxygen atoms in total.